The summed E-state index contributed by atoms with van der Waals surface area (Å²) in [7, 11) is 0. The summed E-state index contributed by atoms with van der Waals surface area (Å²) in [5.74, 6) is 0.299. The summed E-state index contributed by atoms with van der Waals surface area (Å²) in [4.78, 5) is 2.53. The quantitative estimate of drug-likeness (QED) is 0.156. The number of nitrogens with zero attached hydrogens (tertiary/aromatic N) is 2. The molecule has 0 amide bonds. The smallest absolute Gasteiger partial charge is 0.0619 e. The van der Waals surface area contributed by atoms with E-state index in [0.29, 0.717) is 5.92 Å². The van der Waals surface area contributed by atoms with Crippen LogP contribution in [0.2, 0.25) is 0 Å². The van der Waals surface area contributed by atoms with Crippen molar-refractivity contribution in [3.05, 3.63) is 253 Å². The van der Waals surface area contributed by atoms with Gasteiger partial charge in [0.05, 0.1) is 16.7 Å². The molecule has 1 heterocycles. The van der Waals surface area contributed by atoms with E-state index in [-0.39, 0.29) is 0 Å². The number of hydrogen-bond donors (Lipinski definition) is 0. The van der Waals surface area contributed by atoms with Crippen LogP contribution in [0, 0.1) is 0 Å². The molecule has 0 saturated heterocycles. The molecule has 1 unspecified atom stereocenters. The van der Waals surface area contributed by atoms with E-state index in [1.807, 2.05) is 0 Å². The van der Waals surface area contributed by atoms with E-state index >= 15 is 0 Å². The van der Waals surface area contributed by atoms with Crippen LogP contribution in [0.15, 0.2) is 237 Å². The highest BCUT2D eigenvalue weighted by atomic mass is 15.1. The highest BCUT2D eigenvalue weighted by molar-refractivity contribution is 6.14. The molecule has 0 bridgehead atoms. The SMILES string of the molecule is c1ccc(-c2cc(-c3ccccc3)cc(N(c3ccc(-c4cccc5c6ccccc6n(-c6ccccc6)c45)cc3)c3ccc4c5c3-c3ccccc3CC5c3ccccc3-4)c2)cc1. The lowest BCUT2D eigenvalue weighted by atomic mass is 9.77. The average Bonchev–Trinajstić information content (AvgIpc) is 3.88. The predicted octanol–water partition coefficient (Wildman–Crippen LogP) is 16.6. The van der Waals surface area contributed by atoms with Gasteiger partial charge in [-0.1, -0.05) is 182 Å². The molecule has 10 aromatic carbocycles. The van der Waals surface area contributed by atoms with E-state index in [0.717, 1.165) is 23.5 Å². The summed E-state index contributed by atoms with van der Waals surface area (Å²) < 4.78 is 2.43. The molecule has 0 fully saturated rings. The van der Waals surface area contributed by atoms with Crippen molar-refractivity contribution >= 4 is 38.9 Å². The summed E-state index contributed by atoms with van der Waals surface area (Å²) >= 11 is 0. The van der Waals surface area contributed by atoms with Crippen molar-refractivity contribution in [2.45, 2.75) is 12.3 Å². The van der Waals surface area contributed by atoms with Gasteiger partial charge in [-0.15, -0.1) is 0 Å². The molecule has 2 heteroatoms. The fourth-order valence-electron chi connectivity index (χ4n) is 10.9. The van der Waals surface area contributed by atoms with Crippen molar-refractivity contribution in [2.75, 3.05) is 4.90 Å². The summed E-state index contributed by atoms with van der Waals surface area (Å²) in [6.07, 6.45) is 0.998. The van der Waals surface area contributed by atoms with Crippen molar-refractivity contribution in [3.8, 4) is 61.3 Å². The van der Waals surface area contributed by atoms with Crippen molar-refractivity contribution in [3.63, 3.8) is 0 Å². The van der Waals surface area contributed by atoms with Crippen LogP contribution in [0.3, 0.4) is 0 Å². The van der Waals surface area contributed by atoms with Crippen molar-refractivity contribution < 1.29 is 0 Å². The summed E-state index contributed by atoms with van der Waals surface area (Å²) in [6.45, 7) is 0. The van der Waals surface area contributed by atoms with Gasteiger partial charge in [0.2, 0.25) is 0 Å². The fraction of sp³-hybridized carbons (Fsp3) is 0.0323. The number of fused-ring (bicyclic) bond motifs is 8. The van der Waals surface area contributed by atoms with E-state index in [1.165, 1.54) is 99.8 Å². The molecule has 2 aliphatic rings. The summed E-state index contributed by atoms with van der Waals surface area (Å²) in [6, 6.07) is 87.3. The van der Waals surface area contributed by atoms with E-state index in [2.05, 4.69) is 246 Å². The maximum absolute atomic E-state index is 2.53. The Morgan fingerprint density at radius 1 is 0.391 bits per heavy atom. The zero-order valence-electron chi connectivity index (χ0n) is 35.2. The van der Waals surface area contributed by atoms with Crippen molar-refractivity contribution in [2.24, 2.45) is 0 Å². The van der Waals surface area contributed by atoms with Crippen LogP contribution in [0.5, 0.6) is 0 Å². The number of para-hydroxylation sites is 3. The molecule has 300 valence electrons. The summed E-state index contributed by atoms with van der Waals surface area (Å²) in [5.41, 5.74) is 23.7. The Morgan fingerprint density at radius 3 is 1.75 bits per heavy atom. The second-order valence-corrected chi connectivity index (χ2v) is 17.2. The maximum atomic E-state index is 2.53. The molecule has 1 aromatic heterocycles. The highest BCUT2D eigenvalue weighted by Crippen LogP contribution is 2.58. The van der Waals surface area contributed by atoms with Crippen LogP contribution < -0.4 is 4.90 Å². The minimum absolute atomic E-state index is 0.299. The van der Waals surface area contributed by atoms with Gasteiger partial charge in [0.15, 0.2) is 0 Å². The fourth-order valence-corrected chi connectivity index (χ4v) is 10.9. The summed E-state index contributed by atoms with van der Waals surface area (Å²) in [5, 5.41) is 2.50. The molecule has 0 N–H and O–H groups in total. The van der Waals surface area contributed by atoms with Crippen LogP contribution in [-0.2, 0) is 6.42 Å². The van der Waals surface area contributed by atoms with Crippen molar-refractivity contribution in [1.29, 1.82) is 0 Å². The van der Waals surface area contributed by atoms with Crippen LogP contribution in [0.4, 0.5) is 17.1 Å². The van der Waals surface area contributed by atoms with E-state index < -0.39 is 0 Å². The lowest BCUT2D eigenvalue weighted by Crippen LogP contribution is -2.16. The minimum atomic E-state index is 0.299. The largest absolute Gasteiger partial charge is 0.310 e. The second-order valence-electron chi connectivity index (χ2n) is 17.2. The third-order valence-electron chi connectivity index (χ3n) is 13.7. The Morgan fingerprint density at radius 2 is 1.00 bits per heavy atom. The zero-order chi connectivity index (χ0) is 42.1. The molecule has 2 nitrogen and oxygen atoms in total. The van der Waals surface area contributed by atoms with E-state index in [9.17, 15) is 0 Å². The molecule has 2 aliphatic carbocycles. The topological polar surface area (TPSA) is 8.17 Å². The Labute approximate surface area is 373 Å². The first-order chi connectivity index (χ1) is 31.8. The normalized spacial score (nSPS) is 13.4. The van der Waals surface area contributed by atoms with Gasteiger partial charge < -0.3 is 9.47 Å². The monoisotopic (exact) mass is 814 g/mol. The Bertz CT molecular complexity index is 3510. The predicted molar refractivity (Wildman–Crippen MR) is 268 cm³/mol. The van der Waals surface area contributed by atoms with E-state index in [1.54, 1.807) is 0 Å². The van der Waals surface area contributed by atoms with Gasteiger partial charge in [0.25, 0.3) is 0 Å². The second kappa shape index (κ2) is 14.7. The van der Waals surface area contributed by atoms with Gasteiger partial charge in [-0.05, 0) is 122 Å². The Balaban J connectivity index is 1.06. The van der Waals surface area contributed by atoms with Gasteiger partial charge in [0, 0.05) is 44.9 Å². The molecule has 0 radical (unpaired) electrons. The van der Waals surface area contributed by atoms with Gasteiger partial charge in [-0.25, -0.2) is 0 Å². The molecule has 1 atom stereocenters. The minimum Gasteiger partial charge on any atom is -0.310 e. The maximum Gasteiger partial charge on any atom is 0.0619 e. The van der Waals surface area contributed by atoms with Gasteiger partial charge in [-0.2, -0.15) is 0 Å². The van der Waals surface area contributed by atoms with E-state index in [4.69, 9.17) is 0 Å². The first kappa shape index (κ1) is 36.5. The lowest BCUT2D eigenvalue weighted by molar-refractivity contribution is 0.815. The third-order valence-corrected chi connectivity index (χ3v) is 13.7. The molecule has 0 saturated carbocycles. The Hall–Kier alpha value is -8.20. The molecule has 11 aromatic rings. The number of aromatic nitrogens is 1. The first-order valence-electron chi connectivity index (χ1n) is 22.4. The van der Waals surface area contributed by atoms with Crippen LogP contribution >= 0.6 is 0 Å². The van der Waals surface area contributed by atoms with Gasteiger partial charge >= 0.3 is 0 Å². The number of benzene rings is 10. The molecular weight excluding hydrogens is 773 g/mol. The number of rotatable bonds is 7. The molecule has 13 rings (SSSR count). The standard InChI is InChI=1S/C62H42N2/c1-4-17-41(18-5-1)45-37-46(42-19-6-2-7-20-42)39-49(38-45)63(59-36-35-55-52-25-12-13-26-53(52)57-40-44-21-10-11-24-50(44)61(59)60(55)57)48-33-31-43(32-34-48)51-28-16-29-56-54-27-14-15-30-58(54)64(62(51)56)47-22-8-3-9-23-47/h1-39,57H,40H2. The molecule has 64 heavy (non-hydrogen) atoms. The number of anilines is 3. The zero-order valence-corrected chi connectivity index (χ0v) is 35.2. The molecular formula is C62H42N2. The van der Waals surface area contributed by atoms with Gasteiger partial charge in [0.1, 0.15) is 0 Å². The molecule has 0 aliphatic heterocycles. The van der Waals surface area contributed by atoms with Crippen LogP contribution in [0.25, 0.3) is 83.1 Å². The van der Waals surface area contributed by atoms with Gasteiger partial charge in [-0.3, -0.25) is 0 Å². The third kappa shape index (κ3) is 5.73. The van der Waals surface area contributed by atoms with Crippen molar-refractivity contribution in [1.82, 2.24) is 4.57 Å². The first-order valence-corrected chi connectivity index (χ1v) is 22.4. The molecule has 0 spiro atoms. The average molecular weight is 815 g/mol. The lowest BCUT2D eigenvalue weighted by Gasteiger charge is -2.33. The van der Waals surface area contributed by atoms with Crippen LogP contribution in [-0.4, -0.2) is 4.57 Å². The Kier molecular flexibility index (Phi) is 8.39. The van der Waals surface area contributed by atoms with Crippen LogP contribution in [0.1, 0.15) is 22.6 Å². The number of hydrogen-bond acceptors (Lipinski definition) is 1. The highest BCUT2D eigenvalue weighted by Gasteiger charge is 2.37.